The van der Waals surface area contributed by atoms with E-state index < -0.39 is 16.2 Å². The van der Waals surface area contributed by atoms with Crippen LogP contribution in [0.4, 0.5) is 0 Å². The van der Waals surface area contributed by atoms with Gasteiger partial charge in [0.05, 0.1) is 57.6 Å². The molecule has 0 bridgehead atoms. The Morgan fingerprint density at radius 3 is 2.44 bits per heavy atom. The standard InChI is InChI=1S/C24H30N2O7S/c1-6-32-21-12-16-17-11-14(33-34(5,27)28)7-9-19(17)25-23(18(16)13-20(21)29-2)15-8-10-22(30-3)26-24(15)31-4/h8,10,12-14,17,19H,6-7,9,11H2,1-5H3/t14-,17-,19-/m1/s1. The van der Waals surface area contributed by atoms with Gasteiger partial charge in [-0.15, -0.1) is 0 Å². The molecule has 0 unspecified atom stereocenters. The molecule has 1 aliphatic heterocycles. The number of fused-ring (bicyclic) bond motifs is 3. The van der Waals surface area contributed by atoms with Gasteiger partial charge in [-0.05, 0) is 49.9 Å². The lowest BCUT2D eigenvalue weighted by molar-refractivity contribution is 0.141. The number of aliphatic imine (C=N–C) groups is 1. The van der Waals surface area contributed by atoms with Crippen LogP contribution in [0.15, 0.2) is 29.3 Å². The summed E-state index contributed by atoms with van der Waals surface area (Å²) >= 11 is 0. The minimum atomic E-state index is -3.55. The number of nitrogens with zero attached hydrogens (tertiary/aromatic N) is 2. The first-order valence-corrected chi connectivity index (χ1v) is 13.0. The molecule has 0 amide bonds. The van der Waals surface area contributed by atoms with Crippen LogP contribution in [0.25, 0.3) is 0 Å². The topological polar surface area (TPSA) is 106 Å². The number of hydrogen-bond donors (Lipinski definition) is 0. The zero-order chi connectivity index (χ0) is 24.5. The largest absolute Gasteiger partial charge is 0.493 e. The van der Waals surface area contributed by atoms with E-state index in [1.807, 2.05) is 25.1 Å². The van der Waals surface area contributed by atoms with Crippen LogP contribution in [-0.2, 0) is 14.3 Å². The summed E-state index contributed by atoms with van der Waals surface area (Å²) in [6.45, 7) is 2.40. The zero-order valence-corrected chi connectivity index (χ0v) is 20.8. The minimum Gasteiger partial charge on any atom is -0.493 e. The summed E-state index contributed by atoms with van der Waals surface area (Å²) in [5, 5.41) is 0. The molecule has 1 aliphatic carbocycles. The van der Waals surface area contributed by atoms with Gasteiger partial charge in [0.15, 0.2) is 11.5 Å². The van der Waals surface area contributed by atoms with Crippen molar-refractivity contribution < 1.29 is 31.5 Å². The normalized spacial score (nSPS) is 21.7. The molecule has 1 aromatic carbocycles. The van der Waals surface area contributed by atoms with Gasteiger partial charge in [-0.3, -0.25) is 9.18 Å². The number of ether oxygens (including phenoxy) is 4. The van der Waals surface area contributed by atoms with Crippen molar-refractivity contribution in [3.05, 3.63) is 41.0 Å². The second-order valence-electron chi connectivity index (χ2n) is 8.32. The molecule has 0 saturated heterocycles. The molecule has 2 aromatic rings. The van der Waals surface area contributed by atoms with Crippen molar-refractivity contribution in [1.29, 1.82) is 0 Å². The summed E-state index contributed by atoms with van der Waals surface area (Å²) in [5.41, 5.74) is 3.36. The van der Waals surface area contributed by atoms with Crippen LogP contribution >= 0.6 is 0 Å². The van der Waals surface area contributed by atoms with Gasteiger partial charge in [0.2, 0.25) is 11.8 Å². The average molecular weight is 491 g/mol. The Labute approximate surface area is 200 Å². The Kier molecular flexibility index (Phi) is 6.99. The van der Waals surface area contributed by atoms with E-state index in [1.165, 1.54) is 0 Å². The van der Waals surface area contributed by atoms with E-state index in [-0.39, 0.29) is 12.0 Å². The number of pyridine rings is 1. The van der Waals surface area contributed by atoms with Crippen LogP contribution in [0.5, 0.6) is 23.3 Å². The smallest absolute Gasteiger partial charge is 0.264 e. The number of hydrogen-bond acceptors (Lipinski definition) is 9. The number of methoxy groups -OCH3 is 3. The van der Waals surface area contributed by atoms with Crippen molar-refractivity contribution in [2.24, 2.45) is 4.99 Å². The zero-order valence-electron chi connectivity index (χ0n) is 20.0. The van der Waals surface area contributed by atoms with E-state index in [1.54, 1.807) is 27.4 Å². The third kappa shape index (κ3) is 4.83. The second kappa shape index (κ2) is 9.79. The van der Waals surface area contributed by atoms with Crippen molar-refractivity contribution in [3.63, 3.8) is 0 Å². The van der Waals surface area contributed by atoms with Gasteiger partial charge in [0.25, 0.3) is 10.1 Å². The van der Waals surface area contributed by atoms with Crippen molar-refractivity contribution in [2.75, 3.05) is 34.2 Å². The predicted octanol–water partition coefficient (Wildman–Crippen LogP) is 3.34. The van der Waals surface area contributed by atoms with Crippen LogP contribution in [0.1, 0.15) is 48.8 Å². The van der Waals surface area contributed by atoms with E-state index in [0.29, 0.717) is 49.1 Å². The van der Waals surface area contributed by atoms with Crippen molar-refractivity contribution >= 4 is 15.8 Å². The van der Waals surface area contributed by atoms with Crippen LogP contribution in [0.2, 0.25) is 0 Å². The molecule has 0 radical (unpaired) electrons. The molecule has 34 heavy (non-hydrogen) atoms. The predicted molar refractivity (Wildman–Crippen MR) is 127 cm³/mol. The highest BCUT2D eigenvalue weighted by molar-refractivity contribution is 7.86. The fourth-order valence-electron chi connectivity index (χ4n) is 4.78. The van der Waals surface area contributed by atoms with Gasteiger partial charge < -0.3 is 18.9 Å². The molecule has 2 aliphatic rings. The Bertz CT molecular complexity index is 1200. The average Bonchev–Trinajstić information content (AvgIpc) is 2.82. The van der Waals surface area contributed by atoms with Crippen LogP contribution in [-0.4, -0.2) is 65.5 Å². The number of aromatic nitrogens is 1. The maximum absolute atomic E-state index is 11.8. The molecule has 184 valence electrons. The molecule has 2 heterocycles. The molecule has 0 N–H and O–H groups in total. The van der Waals surface area contributed by atoms with Crippen LogP contribution in [0.3, 0.4) is 0 Å². The molecule has 3 atom stereocenters. The fourth-order valence-corrected chi connectivity index (χ4v) is 5.45. The first-order chi connectivity index (χ1) is 16.3. The van der Waals surface area contributed by atoms with Gasteiger partial charge in [-0.2, -0.15) is 13.4 Å². The molecule has 0 spiro atoms. The number of benzene rings is 1. The summed E-state index contributed by atoms with van der Waals surface area (Å²) in [5.74, 6) is 2.05. The van der Waals surface area contributed by atoms with Gasteiger partial charge >= 0.3 is 0 Å². The monoisotopic (exact) mass is 490 g/mol. The highest BCUT2D eigenvalue weighted by atomic mass is 32.2. The molecular formula is C24H30N2O7S. The summed E-state index contributed by atoms with van der Waals surface area (Å²) in [7, 11) is 1.16. The Morgan fingerprint density at radius 1 is 1.00 bits per heavy atom. The van der Waals surface area contributed by atoms with E-state index in [4.69, 9.17) is 28.1 Å². The van der Waals surface area contributed by atoms with Crippen LogP contribution < -0.4 is 18.9 Å². The quantitative estimate of drug-likeness (QED) is 0.519. The number of rotatable bonds is 8. The Hall–Kier alpha value is -2.85. The third-order valence-corrected chi connectivity index (χ3v) is 6.78. The van der Waals surface area contributed by atoms with E-state index in [9.17, 15) is 8.42 Å². The maximum Gasteiger partial charge on any atom is 0.264 e. The molecule has 1 fully saturated rings. The summed E-state index contributed by atoms with van der Waals surface area (Å²) < 4.78 is 51.2. The maximum atomic E-state index is 11.8. The van der Waals surface area contributed by atoms with Gasteiger partial charge in [-0.1, -0.05) is 0 Å². The Balaban J connectivity index is 1.85. The lowest BCUT2D eigenvalue weighted by Gasteiger charge is -2.38. The summed E-state index contributed by atoms with van der Waals surface area (Å²) in [6.07, 6.45) is 2.53. The fraction of sp³-hybridized carbons (Fsp3) is 0.500. The third-order valence-electron chi connectivity index (χ3n) is 6.15. The van der Waals surface area contributed by atoms with Crippen molar-refractivity contribution in [3.8, 4) is 23.3 Å². The molecule has 4 rings (SSSR count). The lowest BCUT2D eigenvalue weighted by Crippen LogP contribution is -2.36. The first kappa shape index (κ1) is 24.3. The molecular weight excluding hydrogens is 460 g/mol. The SMILES string of the molecule is CCOc1cc2c(cc1OC)C(c1ccc(OC)nc1OC)=N[C@@H]1CC[C@@H](OS(C)(=O)=O)C[C@H]21. The van der Waals surface area contributed by atoms with E-state index in [0.717, 1.165) is 28.7 Å². The molecule has 1 saturated carbocycles. The molecule has 1 aromatic heterocycles. The van der Waals surface area contributed by atoms with Crippen molar-refractivity contribution in [1.82, 2.24) is 4.98 Å². The van der Waals surface area contributed by atoms with E-state index in [2.05, 4.69) is 4.98 Å². The van der Waals surface area contributed by atoms with Crippen LogP contribution in [0, 0.1) is 0 Å². The molecule has 10 heteroatoms. The van der Waals surface area contributed by atoms with Crippen molar-refractivity contribution in [2.45, 2.75) is 44.2 Å². The Morgan fingerprint density at radius 2 is 1.79 bits per heavy atom. The lowest BCUT2D eigenvalue weighted by atomic mass is 9.74. The highest BCUT2D eigenvalue weighted by Gasteiger charge is 2.39. The van der Waals surface area contributed by atoms with E-state index >= 15 is 0 Å². The van der Waals surface area contributed by atoms with Gasteiger partial charge in [-0.25, -0.2) is 0 Å². The first-order valence-electron chi connectivity index (χ1n) is 11.2. The van der Waals surface area contributed by atoms with Gasteiger partial charge in [0, 0.05) is 17.5 Å². The summed E-state index contributed by atoms with van der Waals surface area (Å²) in [4.78, 5) is 9.55. The minimum absolute atomic E-state index is 0.0263. The highest BCUT2D eigenvalue weighted by Crippen LogP contribution is 2.46. The summed E-state index contributed by atoms with van der Waals surface area (Å²) in [6, 6.07) is 7.51. The second-order valence-corrected chi connectivity index (χ2v) is 9.92. The van der Waals surface area contributed by atoms with Gasteiger partial charge in [0.1, 0.15) is 0 Å². The molecule has 9 nitrogen and oxygen atoms in total.